The minimum Gasteiger partial charge on any atom is -0.298 e. The van der Waals surface area contributed by atoms with Crippen LogP contribution in [0.4, 0.5) is 5.13 Å². The molecule has 3 aromatic rings. The van der Waals surface area contributed by atoms with E-state index >= 15 is 0 Å². The standard InChI is InChI=1S/C19H20N4OS/c1-2-23(13-15-6-8-20-9-7-15)14-16-4-3-5-17(12-16)18(24)22-19-21-10-11-25-19/h3-12H,2,13-14H2,1H3,(H,21,22,24). The zero-order valence-electron chi connectivity index (χ0n) is 14.1. The smallest absolute Gasteiger partial charge is 0.257 e. The van der Waals surface area contributed by atoms with Crippen LogP contribution in [0, 0.1) is 0 Å². The van der Waals surface area contributed by atoms with Crippen molar-refractivity contribution in [3.05, 3.63) is 77.1 Å². The molecule has 25 heavy (non-hydrogen) atoms. The van der Waals surface area contributed by atoms with Crippen LogP contribution in [0.15, 0.2) is 60.4 Å². The average Bonchev–Trinajstić information content (AvgIpc) is 3.15. The van der Waals surface area contributed by atoms with Gasteiger partial charge in [0.15, 0.2) is 5.13 Å². The summed E-state index contributed by atoms with van der Waals surface area (Å²) in [7, 11) is 0. The Morgan fingerprint density at radius 1 is 1.12 bits per heavy atom. The number of nitrogens with zero attached hydrogens (tertiary/aromatic N) is 3. The van der Waals surface area contributed by atoms with E-state index in [2.05, 4.69) is 33.2 Å². The minimum atomic E-state index is -0.131. The monoisotopic (exact) mass is 352 g/mol. The van der Waals surface area contributed by atoms with Crippen LogP contribution in [0.2, 0.25) is 0 Å². The van der Waals surface area contributed by atoms with Crippen LogP contribution in [0.1, 0.15) is 28.4 Å². The predicted octanol–water partition coefficient (Wildman–Crippen LogP) is 3.81. The van der Waals surface area contributed by atoms with Crippen LogP contribution in [-0.2, 0) is 13.1 Å². The first-order valence-corrected chi connectivity index (χ1v) is 9.03. The Bertz CT molecular complexity index is 805. The molecule has 3 rings (SSSR count). The molecule has 2 aromatic heterocycles. The third-order valence-corrected chi connectivity index (χ3v) is 4.54. The van der Waals surface area contributed by atoms with Gasteiger partial charge in [-0.25, -0.2) is 4.98 Å². The Balaban J connectivity index is 1.66. The highest BCUT2D eigenvalue weighted by Gasteiger charge is 2.10. The lowest BCUT2D eigenvalue weighted by Crippen LogP contribution is -2.22. The Hall–Kier alpha value is -2.57. The normalized spacial score (nSPS) is 10.8. The van der Waals surface area contributed by atoms with E-state index in [0.29, 0.717) is 10.7 Å². The van der Waals surface area contributed by atoms with Crippen LogP contribution >= 0.6 is 11.3 Å². The zero-order valence-corrected chi connectivity index (χ0v) is 14.9. The van der Waals surface area contributed by atoms with Gasteiger partial charge in [0.1, 0.15) is 0 Å². The molecule has 0 aliphatic heterocycles. The van der Waals surface area contributed by atoms with Gasteiger partial charge < -0.3 is 0 Å². The molecule has 1 aromatic carbocycles. The third-order valence-electron chi connectivity index (χ3n) is 3.85. The summed E-state index contributed by atoms with van der Waals surface area (Å²) in [5, 5.41) is 5.27. The second kappa shape index (κ2) is 8.50. The Morgan fingerprint density at radius 2 is 1.92 bits per heavy atom. The Morgan fingerprint density at radius 3 is 2.64 bits per heavy atom. The first kappa shape index (κ1) is 17.3. The topological polar surface area (TPSA) is 58.1 Å². The van der Waals surface area contributed by atoms with E-state index in [9.17, 15) is 4.79 Å². The molecule has 6 heteroatoms. The van der Waals surface area contributed by atoms with Crippen molar-refractivity contribution in [2.45, 2.75) is 20.0 Å². The summed E-state index contributed by atoms with van der Waals surface area (Å²) in [5.74, 6) is -0.131. The van der Waals surface area contributed by atoms with Gasteiger partial charge >= 0.3 is 0 Å². The van der Waals surface area contributed by atoms with Crippen LogP contribution in [0.25, 0.3) is 0 Å². The highest BCUT2D eigenvalue weighted by atomic mass is 32.1. The molecule has 0 radical (unpaired) electrons. The fourth-order valence-corrected chi connectivity index (χ4v) is 3.07. The first-order chi connectivity index (χ1) is 12.2. The molecule has 128 valence electrons. The maximum absolute atomic E-state index is 12.3. The number of rotatable bonds is 7. The fourth-order valence-electron chi connectivity index (χ4n) is 2.55. The van der Waals surface area contributed by atoms with Gasteiger partial charge in [0.2, 0.25) is 0 Å². The molecule has 0 bridgehead atoms. The summed E-state index contributed by atoms with van der Waals surface area (Å²) < 4.78 is 0. The van der Waals surface area contributed by atoms with Crippen molar-refractivity contribution in [1.29, 1.82) is 0 Å². The molecular weight excluding hydrogens is 332 g/mol. The number of thiazole rings is 1. The average molecular weight is 352 g/mol. The molecule has 0 saturated heterocycles. The highest BCUT2D eigenvalue weighted by Crippen LogP contribution is 2.15. The number of hydrogen-bond acceptors (Lipinski definition) is 5. The van der Waals surface area contributed by atoms with E-state index in [0.717, 1.165) is 25.2 Å². The number of carbonyl (C=O) groups is 1. The minimum absolute atomic E-state index is 0.131. The van der Waals surface area contributed by atoms with Gasteiger partial charge in [-0.2, -0.15) is 0 Å². The molecule has 2 heterocycles. The summed E-state index contributed by atoms with van der Waals surface area (Å²) in [4.78, 5) is 22.8. The predicted molar refractivity (Wildman–Crippen MR) is 101 cm³/mol. The van der Waals surface area contributed by atoms with Crippen LogP contribution in [-0.4, -0.2) is 27.3 Å². The lowest BCUT2D eigenvalue weighted by molar-refractivity contribution is 0.102. The molecule has 0 unspecified atom stereocenters. The molecule has 5 nitrogen and oxygen atoms in total. The van der Waals surface area contributed by atoms with E-state index in [-0.39, 0.29) is 5.91 Å². The van der Waals surface area contributed by atoms with Crippen LogP contribution in [0.5, 0.6) is 0 Å². The second-order valence-electron chi connectivity index (χ2n) is 5.65. The number of nitrogens with one attached hydrogen (secondary N) is 1. The van der Waals surface area contributed by atoms with Crippen molar-refractivity contribution in [3.63, 3.8) is 0 Å². The van der Waals surface area contributed by atoms with Gasteiger partial charge in [-0.3, -0.25) is 20.0 Å². The molecule has 0 aliphatic rings. The number of aromatic nitrogens is 2. The number of benzene rings is 1. The number of anilines is 1. The molecule has 0 atom stereocenters. The molecule has 1 N–H and O–H groups in total. The van der Waals surface area contributed by atoms with Crippen molar-refractivity contribution < 1.29 is 4.79 Å². The quantitative estimate of drug-likeness (QED) is 0.702. The molecule has 1 amide bonds. The third kappa shape index (κ3) is 4.95. The van der Waals surface area contributed by atoms with Crippen molar-refractivity contribution in [3.8, 4) is 0 Å². The first-order valence-electron chi connectivity index (χ1n) is 8.15. The van der Waals surface area contributed by atoms with E-state index in [1.165, 1.54) is 16.9 Å². The molecule has 0 spiro atoms. The van der Waals surface area contributed by atoms with E-state index in [1.807, 2.05) is 48.1 Å². The van der Waals surface area contributed by atoms with Crippen molar-refractivity contribution in [2.24, 2.45) is 0 Å². The highest BCUT2D eigenvalue weighted by molar-refractivity contribution is 7.13. The Kier molecular flexibility index (Phi) is 5.87. The van der Waals surface area contributed by atoms with Crippen molar-refractivity contribution in [2.75, 3.05) is 11.9 Å². The number of carbonyl (C=O) groups excluding carboxylic acids is 1. The van der Waals surface area contributed by atoms with Gasteiger partial charge in [0.05, 0.1) is 0 Å². The van der Waals surface area contributed by atoms with E-state index < -0.39 is 0 Å². The van der Waals surface area contributed by atoms with Gasteiger partial charge in [0, 0.05) is 42.6 Å². The molecule has 0 fully saturated rings. The fraction of sp³-hybridized carbons (Fsp3) is 0.211. The number of amides is 1. The van der Waals surface area contributed by atoms with E-state index in [4.69, 9.17) is 0 Å². The SMILES string of the molecule is CCN(Cc1ccncc1)Cc1cccc(C(=O)Nc2nccs2)c1. The maximum Gasteiger partial charge on any atom is 0.257 e. The maximum atomic E-state index is 12.3. The summed E-state index contributed by atoms with van der Waals surface area (Å²) in [6.07, 6.45) is 5.30. The van der Waals surface area contributed by atoms with Crippen molar-refractivity contribution >= 4 is 22.4 Å². The lowest BCUT2D eigenvalue weighted by Gasteiger charge is -2.20. The van der Waals surface area contributed by atoms with Crippen molar-refractivity contribution in [1.82, 2.24) is 14.9 Å². The zero-order chi connectivity index (χ0) is 17.5. The number of hydrogen-bond donors (Lipinski definition) is 1. The van der Waals surface area contributed by atoms with Gasteiger partial charge in [-0.1, -0.05) is 19.1 Å². The molecule has 0 saturated carbocycles. The van der Waals surface area contributed by atoms with Gasteiger partial charge in [0.25, 0.3) is 5.91 Å². The van der Waals surface area contributed by atoms with Gasteiger partial charge in [-0.05, 0) is 41.9 Å². The lowest BCUT2D eigenvalue weighted by atomic mass is 10.1. The van der Waals surface area contributed by atoms with Gasteiger partial charge in [-0.15, -0.1) is 11.3 Å². The largest absolute Gasteiger partial charge is 0.298 e. The van der Waals surface area contributed by atoms with Crippen LogP contribution < -0.4 is 5.32 Å². The van der Waals surface area contributed by atoms with Crippen LogP contribution in [0.3, 0.4) is 0 Å². The summed E-state index contributed by atoms with van der Waals surface area (Å²) in [6, 6.07) is 11.8. The summed E-state index contributed by atoms with van der Waals surface area (Å²) in [6.45, 7) is 4.71. The number of pyridine rings is 1. The molecule has 0 aliphatic carbocycles. The second-order valence-corrected chi connectivity index (χ2v) is 6.55. The van der Waals surface area contributed by atoms with E-state index in [1.54, 1.807) is 6.20 Å². The summed E-state index contributed by atoms with van der Waals surface area (Å²) >= 11 is 1.41. The summed E-state index contributed by atoms with van der Waals surface area (Å²) in [5.41, 5.74) is 2.99. The Labute approximate surface area is 151 Å². The molecular formula is C19H20N4OS.